The maximum atomic E-state index is 12.4. The van der Waals surface area contributed by atoms with Crippen LogP contribution in [0.1, 0.15) is 248 Å². The molecule has 73 heavy (non-hydrogen) atoms. The monoisotopic (exact) mass is 985 g/mol. The van der Waals surface area contributed by atoms with Gasteiger partial charge in [0.2, 0.25) is 0 Å². The van der Waals surface area contributed by atoms with Crippen LogP contribution in [-0.4, -0.2) is 5.78 Å². The van der Waals surface area contributed by atoms with Gasteiger partial charge in [-0.25, -0.2) is 0 Å². The van der Waals surface area contributed by atoms with Crippen LogP contribution >= 0.6 is 0 Å². The number of carbonyl (C=O) groups excluding carboxylic acids is 1. The Kier molecular flexibility index (Phi) is 30.2. The van der Waals surface area contributed by atoms with Crippen LogP contribution in [-0.2, 0) is 0 Å². The van der Waals surface area contributed by atoms with Gasteiger partial charge in [0.1, 0.15) is 11.5 Å². The van der Waals surface area contributed by atoms with Gasteiger partial charge in [0, 0.05) is 11.1 Å². The van der Waals surface area contributed by atoms with Gasteiger partial charge in [0.05, 0.1) is 0 Å². The lowest BCUT2D eigenvalue weighted by molar-refractivity contribution is 0.103. The van der Waals surface area contributed by atoms with E-state index in [0.29, 0.717) is 47.3 Å². The van der Waals surface area contributed by atoms with E-state index in [1.165, 1.54) is 55.6 Å². The summed E-state index contributed by atoms with van der Waals surface area (Å²) in [6.07, 6.45) is 0. The molecule has 0 atom stereocenters. The van der Waals surface area contributed by atoms with Gasteiger partial charge in [0.15, 0.2) is 5.78 Å². The fourth-order valence-corrected chi connectivity index (χ4v) is 7.57. The zero-order valence-electron chi connectivity index (χ0n) is 45.1. The highest BCUT2D eigenvalue weighted by molar-refractivity contribution is 6.09. The SMILES string of the molecule is C.C.C.C.CC(C)c1ccc(-c2ccc(C(C)C)cc2)cc1.CC(C)c1ccc(C(=O)c2ccc(C(C)C)cc2)cc1.CC(C)c1ccc(C(C)C)cc1.CC(C)c1ccc(Oc2ccc(C(C)C)cc2)cc1. The van der Waals surface area contributed by atoms with Crippen molar-refractivity contribution in [1.29, 1.82) is 0 Å². The Bertz CT molecular complexity index is 2340. The molecule has 0 aliphatic rings. The Morgan fingerprint density at radius 3 is 0.575 bits per heavy atom. The molecule has 7 rings (SSSR count). The quantitative estimate of drug-likeness (QED) is 0.108. The van der Waals surface area contributed by atoms with Crippen molar-refractivity contribution in [3.63, 3.8) is 0 Å². The van der Waals surface area contributed by atoms with Crippen molar-refractivity contribution in [3.8, 4) is 22.6 Å². The summed E-state index contributed by atoms with van der Waals surface area (Å²) in [6.45, 7) is 35.2. The molecule has 396 valence electrons. The third-order valence-corrected chi connectivity index (χ3v) is 12.8. The van der Waals surface area contributed by atoms with E-state index in [-0.39, 0.29) is 35.5 Å². The van der Waals surface area contributed by atoms with Gasteiger partial charge >= 0.3 is 0 Å². The Morgan fingerprint density at radius 2 is 0.397 bits per heavy atom. The summed E-state index contributed by atoms with van der Waals surface area (Å²) in [5, 5.41) is 0. The van der Waals surface area contributed by atoms with E-state index in [1.807, 2.05) is 72.8 Å². The lowest BCUT2D eigenvalue weighted by Gasteiger charge is -2.10. The largest absolute Gasteiger partial charge is 0.457 e. The first-order valence-corrected chi connectivity index (χ1v) is 25.7. The van der Waals surface area contributed by atoms with Crippen molar-refractivity contribution < 1.29 is 9.53 Å². The molecule has 0 amide bonds. The molecular formula is C71H100O2. The predicted molar refractivity (Wildman–Crippen MR) is 327 cm³/mol. The van der Waals surface area contributed by atoms with Crippen LogP contribution in [0.3, 0.4) is 0 Å². The molecule has 0 fully saturated rings. The van der Waals surface area contributed by atoms with Gasteiger partial charge in [-0.15, -0.1) is 0 Å². The van der Waals surface area contributed by atoms with Gasteiger partial charge in [0.25, 0.3) is 0 Å². The van der Waals surface area contributed by atoms with E-state index in [9.17, 15) is 4.79 Å². The minimum absolute atomic E-state index is 0. The number of ketones is 1. The summed E-state index contributed by atoms with van der Waals surface area (Å²) in [5.74, 6) is 6.45. The summed E-state index contributed by atoms with van der Waals surface area (Å²) in [6, 6.07) is 59.3. The second-order valence-corrected chi connectivity index (χ2v) is 21.0. The molecule has 0 heterocycles. The maximum absolute atomic E-state index is 12.4. The number of hydrogen-bond acceptors (Lipinski definition) is 2. The zero-order valence-corrected chi connectivity index (χ0v) is 45.1. The summed E-state index contributed by atoms with van der Waals surface area (Å²) in [5.41, 5.74) is 15.0. The van der Waals surface area contributed by atoms with Crippen molar-refractivity contribution in [3.05, 3.63) is 225 Å². The van der Waals surface area contributed by atoms with Crippen molar-refractivity contribution in [2.24, 2.45) is 0 Å². The molecule has 0 saturated carbocycles. The fourth-order valence-electron chi connectivity index (χ4n) is 7.57. The maximum Gasteiger partial charge on any atom is 0.193 e. The van der Waals surface area contributed by atoms with E-state index >= 15 is 0 Å². The van der Waals surface area contributed by atoms with Gasteiger partial charge in [-0.05, 0) is 127 Å². The lowest BCUT2D eigenvalue weighted by Crippen LogP contribution is -2.02. The molecule has 7 aromatic carbocycles. The van der Waals surface area contributed by atoms with Crippen LogP contribution in [0, 0.1) is 0 Å². The molecule has 0 bridgehead atoms. The van der Waals surface area contributed by atoms with Gasteiger partial charge in [-0.2, -0.15) is 0 Å². The molecule has 0 radical (unpaired) electrons. The first-order valence-electron chi connectivity index (χ1n) is 25.7. The lowest BCUT2D eigenvalue weighted by atomic mass is 9.96. The smallest absolute Gasteiger partial charge is 0.193 e. The predicted octanol–water partition coefficient (Wildman–Crippen LogP) is 23.0. The number of hydrogen-bond donors (Lipinski definition) is 0. The van der Waals surface area contributed by atoms with Crippen molar-refractivity contribution >= 4 is 5.78 Å². The van der Waals surface area contributed by atoms with Gasteiger partial charge in [-0.1, -0.05) is 286 Å². The normalized spacial score (nSPS) is 10.5. The standard InChI is InChI=1S/C19H22O.C18H22O.C18H22.C12H18.4CH4/c1-13(2)15-5-9-17(10-6-15)19(20)18-11-7-16(8-12-18)14(3)4;1-13(2)15-5-9-17(10-6-15)19-18-11-7-16(8-12-18)14(3)4;1-13(2)15-5-9-17(10-6-15)18-11-7-16(8-12-18)14(3)4;1-9(2)11-5-7-12(8-6-11)10(3)4;;;;/h5-14H,1-4H3;5-14H,1-4H3;5-14H,1-4H3;5-10H,1-4H3;4*1H4. The van der Waals surface area contributed by atoms with Crippen molar-refractivity contribution in [2.45, 2.75) is 188 Å². The van der Waals surface area contributed by atoms with Crippen LogP contribution in [0.5, 0.6) is 11.5 Å². The number of carbonyl (C=O) groups is 1. The minimum Gasteiger partial charge on any atom is -0.457 e. The zero-order chi connectivity index (χ0) is 50.8. The van der Waals surface area contributed by atoms with E-state index in [2.05, 4.69) is 208 Å². The molecule has 0 unspecified atom stereocenters. The van der Waals surface area contributed by atoms with Crippen LogP contribution in [0.2, 0.25) is 0 Å². The second-order valence-electron chi connectivity index (χ2n) is 21.0. The third-order valence-electron chi connectivity index (χ3n) is 12.8. The number of benzene rings is 7. The number of ether oxygens (including phenoxy) is 1. The molecule has 0 aliphatic carbocycles. The molecule has 7 aromatic rings. The topological polar surface area (TPSA) is 26.3 Å². The van der Waals surface area contributed by atoms with E-state index in [0.717, 1.165) is 22.6 Å². The Morgan fingerprint density at radius 1 is 0.247 bits per heavy atom. The number of rotatable bonds is 13. The molecule has 2 heteroatoms. The van der Waals surface area contributed by atoms with E-state index in [1.54, 1.807) is 0 Å². The first kappa shape index (κ1) is 67.0. The van der Waals surface area contributed by atoms with Crippen LogP contribution in [0.25, 0.3) is 11.1 Å². The minimum atomic E-state index is 0. The second kappa shape index (κ2) is 33.0. The summed E-state index contributed by atoms with van der Waals surface area (Å²) in [7, 11) is 0. The first-order chi connectivity index (χ1) is 32.7. The highest BCUT2D eigenvalue weighted by Gasteiger charge is 2.11. The van der Waals surface area contributed by atoms with Crippen LogP contribution in [0.15, 0.2) is 170 Å². The molecule has 0 aromatic heterocycles. The molecular weight excluding hydrogens is 885 g/mol. The summed E-state index contributed by atoms with van der Waals surface area (Å²) >= 11 is 0. The highest BCUT2D eigenvalue weighted by atomic mass is 16.5. The van der Waals surface area contributed by atoms with E-state index < -0.39 is 0 Å². The van der Waals surface area contributed by atoms with Crippen molar-refractivity contribution in [2.75, 3.05) is 0 Å². The molecule has 0 N–H and O–H groups in total. The summed E-state index contributed by atoms with van der Waals surface area (Å²) in [4.78, 5) is 12.4. The molecule has 0 saturated heterocycles. The Balaban J connectivity index is 0.000000942. The molecule has 2 nitrogen and oxygen atoms in total. The van der Waals surface area contributed by atoms with E-state index in [4.69, 9.17) is 4.74 Å². The molecule has 0 aliphatic heterocycles. The Labute approximate surface area is 449 Å². The van der Waals surface area contributed by atoms with Crippen LogP contribution in [0.4, 0.5) is 0 Å². The van der Waals surface area contributed by atoms with Gasteiger partial charge in [-0.3, -0.25) is 4.79 Å². The van der Waals surface area contributed by atoms with Crippen LogP contribution < -0.4 is 4.74 Å². The molecule has 0 spiro atoms. The highest BCUT2D eigenvalue weighted by Crippen LogP contribution is 2.28. The average molecular weight is 986 g/mol. The third kappa shape index (κ3) is 21.6. The van der Waals surface area contributed by atoms with Gasteiger partial charge < -0.3 is 4.74 Å². The average Bonchev–Trinajstić information content (AvgIpc) is 3.34. The summed E-state index contributed by atoms with van der Waals surface area (Å²) < 4.78 is 5.85. The Hall–Kier alpha value is -5.99. The van der Waals surface area contributed by atoms with Crippen molar-refractivity contribution in [1.82, 2.24) is 0 Å². The fraction of sp³-hybridized carbons (Fsp3) is 0.394.